The lowest BCUT2D eigenvalue weighted by molar-refractivity contribution is 0.102. The molecule has 1 amide bonds. The summed E-state index contributed by atoms with van der Waals surface area (Å²) in [6.45, 7) is 2.14. The van der Waals surface area contributed by atoms with Crippen LogP contribution in [0.25, 0.3) is 0 Å². The van der Waals surface area contributed by atoms with E-state index in [1.165, 1.54) is 7.11 Å². The number of carbonyl (C=O) groups excluding carboxylic acids is 1. The normalized spacial score (nSPS) is 11.1. The van der Waals surface area contributed by atoms with E-state index < -0.39 is 27.3 Å². The van der Waals surface area contributed by atoms with Gasteiger partial charge in [-0.25, -0.2) is 17.5 Å². The van der Waals surface area contributed by atoms with Crippen LogP contribution in [0.4, 0.5) is 10.1 Å². The van der Waals surface area contributed by atoms with Gasteiger partial charge in [0.1, 0.15) is 17.3 Å². The second-order valence-electron chi connectivity index (χ2n) is 6.66. The van der Waals surface area contributed by atoms with E-state index in [-0.39, 0.29) is 11.4 Å². The van der Waals surface area contributed by atoms with Gasteiger partial charge < -0.3 is 14.8 Å². The number of nitrogens with one attached hydrogen (secondary N) is 2. The van der Waals surface area contributed by atoms with Crippen LogP contribution in [0.1, 0.15) is 22.8 Å². The summed E-state index contributed by atoms with van der Waals surface area (Å²) in [5.41, 5.74) is 0.573. The molecule has 0 heterocycles. The molecule has 0 aromatic heterocycles. The van der Waals surface area contributed by atoms with Gasteiger partial charge in [0.25, 0.3) is 5.91 Å². The fourth-order valence-electron chi connectivity index (χ4n) is 2.99. The second-order valence-corrected chi connectivity index (χ2v) is 8.43. The van der Waals surface area contributed by atoms with E-state index in [0.29, 0.717) is 29.4 Å². The number of carbonyl (C=O) groups is 1. The zero-order valence-corrected chi connectivity index (χ0v) is 18.4. The van der Waals surface area contributed by atoms with Crippen molar-refractivity contribution in [3.8, 4) is 11.5 Å². The predicted molar refractivity (Wildman–Crippen MR) is 119 cm³/mol. The molecule has 0 saturated heterocycles. The number of rotatable bonds is 9. The van der Waals surface area contributed by atoms with Gasteiger partial charge in [0.05, 0.1) is 29.9 Å². The monoisotopic (exact) mass is 458 g/mol. The zero-order chi connectivity index (χ0) is 23.1. The van der Waals surface area contributed by atoms with Gasteiger partial charge in [0, 0.05) is 12.1 Å². The first-order valence-corrected chi connectivity index (χ1v) is 11.3. The summed E-state index contributed by atoms with van der Waals surface area (Å²) in [6.07, 6.45) is 0. The number of sulfonamides is 1. The van der Waals surface area contributed by atoms with Gasteiger partial charge in [0.2, 0.25) is 10.0 Å². The van der Waals surface area contributed by atoms with Crippen molar-refractivity contribution < 1.29 is 27.1 Å². The lowest BCUT2D eigenvalue weighted by Gasteiger charge is -2.13. The van der Waals surface area contributed by atoms with Crippen molar-refractivity contribution in [2.24, 2.45) is 0 Å². The smallest absolute Gasteiger partial charge is 0.258 e. The zero-order valence-electron chi connectivity index (χ0n) is 17.6. The van der Waals surface area contributed by atoms with Crippen LogP contribution in [0.3, 0.4) is 0 Å². The minimum atomic E-state index is -4.02. The van der Waals surface area contributed by atoms with E-state index in [9.17, 15) is 17.6 Å². The van der Waals surface area contributed by atoms with E-state index in [4.69, 9.17) is 9.47 Å². The summed E-state index contributed by atoms with van der Waals surface area (Å²) < 4.78 is 53.0. The molecule has 0 fully saturated rings. The van der Waals surface area contributed by atoms with E-state index in [0.717, 1.165) is 18.2 Å². The van der Waals surface area contributed by atoms with Crippen molar-refractivity contribution in [1.29, 1.82) is 0 Å². The maximum absolute atomic E-state index is 14.4. The Morgan fingerprint density at radius 3 is 2.41 bits per heavy atom. The maximum atomic E-state index is 14.4. The molecule has 0 atom stereocenters. The fraction of sp³-hybridized carbons (Fsp3) is 0.174. The van der Waals surface area contributed by atoms with Crippen LogP contribution < -0.4 is 19.5 Å². The van der Waals surface area contributed by atoms with Crippen LogP contribution in [0.2, 0.25) is 0 Å². The molecule has 0 aliphatic heterocycles. The van der Waals surface area contributed by atoms with Gasteiger partial charge in [-0.05, 0) is 43.3 Å². The first-order valence-electron chi connectivity index (χ1n) is 9.80. The first-order chi connectivity index (χ1) is 15.4. The van der Waals surface area contributed by atoms with Crippen molar-refractivity contribution in [2.45, 2.75) is 18.4 Å². The molecule has 2 N–H and O–H groups in total. The molecule has 0 spiro atoms. The topological polar surface area (TPSA) is 93.7 Å². The highest BCUT2D eigenvalue weighted by atomic mass is 32.2. The average Bonchev–Trinajstić information content (AvgIpc) is 2.79. The van der Waals surface area contributed by atoms with E-state index in [1.807, 2.05) is 0 Å². The predicted octanol–water partition coefficient (Wildman–Crippen LogP) is 3.96. The molecule has 0 saturated carbocycles. The fourth-order valence-corrected chi connectivity index (χ4v) is 4.02. The number of hydrogen-bond acceptors (Lipinski definition) is 5. The Kier molecular flexibility index (Phi) is 7.45. The highest BCUT2D eigenvalue weighted by Crippen LogP contribution is 2.25. The van der Waals surface area contributed by atoms with Crippen LogP contribution in [0.15, 0.2) is 71.6 Å². The van der Waals surface area contributed by atoms with Gasteiger partial charge in [0.15, 0.2) is 0 Å². The SMILES string of the molecule is CCOc1ccccc1NC(=O)c1cc(S(=O)(=O)NCc2ccccc2OC)ccc1F. The highest BCUT2D eigenvalue weighted by molar-refractivity contribution is 7.89. The van der Waals surface area contributed by atoms with Crippen LogP contribution in [0.5, 0.6) is 11.5 Å². The summed E-state index contributed by atoms with van der Waals surface area (Å²) in [5.74, 6) is -0.690. The summed E-state index contributed by atoms with van der Waals surface area (Å²) in [5, 5.41) is 2.57. The minimum absolute atomic E-state index is 0.0347. The Balaban J connectivity index is 1.82. The molecule has 32 heavy (non-hydrogen) atoms. The van der Waals surface area contributed by atoms with Gasteiger partial charge >= 0.3 is 0 Å². The van der Waals surface area contributed by atoms with Crippen molar-refractivity contribution in [3.63, 3.8) is 0 Å². The summed E-state index contributed by atoms with van der Waals surface area (Å²) in [6, 6.07) is 16.7. The Bertz CT molecular complexity index is 1210. The molecule has 9 heteroatoms. The number of para-hydroxylation sites is 3. The Hall–Kier alpha value is -3.43. The minimum Gasteiger partial charge on any atom is -0.496 e. The third-order valence-electron chi connectivity index (χ3n) is 4.57. The standard InChI is InChI=1S/C23H23FN2O5S/c1-3-31-22-11-7-5-9-20(22)26-23(27)18-14-17(12-13-19(18)24)32(28,29)25-15-16-8-4-6-10-21(16)30-2/h4-14,25H,3,15H2,1-2H3,(H,26,27). The number of methoxy groups -OCH3 is 1. The largest absolute Gasteiger partial charge is 0.496 e. The van der Waals surface area contributed by atoms with Gasteiger partial charge in [-0.2, -0.15) is 0 Å². The molecule has 0 unspecified atom stereocenters. The molecule has 0 bridgehead atoms. The number of halogens is 1. The lowest BCUT2D eigenvalue weighted by Crippen LogP contribution is -2.24. The average molecular weight is 459 g/mol. The lowest BCUT2D eigenvalue weighted by atomic mass is 10.2. The number of anilines is 1. The molecule has 3 aromatic carbocycles. The van der Waals surface area contributed by atoms with E-state index in [1.54, 1.807) is 55.5 Å². The van der Waals surface area contributed by atoms with Crippen LogP contribution in [0, 0.1) is 5.82 Å². The Labute approximate surface area is 186 Å². The molecule has 3 aromatic rings. The summed E-state index contributed by atoms with van der Waals surface area (Å²) in [4.78, 5) is 12.5. The van der Waals surface area contributed by atoms with Crippen molar-refractivity contribution in [2.75, 3.05) is 19.0 Å². The molecular weight excluding hydrogens is 435 g/mol. The van der Waals surface area contributed by atoms with E-state index in [2.05, 4.69) is 10.0 Å². The van der Waals surface area contributed by atoms with Crippen LogP contribution >= 0.6 is 0 Å². The van der Waals surface area contributed by atoms with E-state index >= 15 is 0 Å². The molecular formula is C23H23FN2O5S. The Morgan fingerprint density at radius 1 is 1.00 bits per heavy atom. The van der Waals surface area contributed by atoms with Crippen molar-refractivity contribution in [1.82, 2.24) is 4.72 Å². The number of ether oxygens (including phenoxy) is 2. The third kappa shape index (κ3) is 5.43. The first kappa shape index (κ1) is 23.2. The third-order valence-corrected chi connectivity index (χ3v) is 5.97. The molecule has 0 aliphatic rings. The van der Waals surface area contributed by atoms with Crippen molar-refractivity contribution in [3.05, 3.63) is 83.7 Å². The Morgan fingerprint density at radius 2 is 1.69 bits per heavy atom. The summed E-state index contributed by atoms with van der Waals surface area (Å²) in [7, 11) is -2.53. The van der Waals surface area contributed by atoms with Gasteiger partial charge in [-0.1, -0.05) is 30.3 Å². The van der Waals surface area contributed by atoms with Crippen LogP contribution in [-0.4, -0.2) is 28.0 Å². The summed E-state index contributed by atoms with van der Waals surface area (Å²) >= 11 is 0. The molecule has 3 rings (SSSR count). The van der Waals surface area contributed by atoms with Gasteiger partial charge in [-0.15, -0.1) is 0 Å². The quantitative estimate of drug-likeness (QED) is 0.506. The number of hydrogen-bond donors (Lipinski definition) is 2. The molecule has 168 valence electrons. The molecule has 7 nitrogen and oxygen atoms in total. The maximum Gasteiger partial charge on any atom is 0.258 e. The molecule has 0 radical (unpaired) electrons. The number of amides is 1. The van der Waals surface area contributed by atoms with Crippen molar-refractivity contribution >= 4 is 21.6 Å². The van der Waals surface area contributed by atoms with Crippen LogP contribution in [-0.2, 0) is 16.6 Å². The highest BCUT2D eigenvalue weighted by Gasteiger charge is 2.20. The number of benzene rings is 3. The second kappa shape index (κ2) is 10.3. The van der Waals surface area contributed by atoms with Gasteiger partial charge in [-0.3, -0.25) is 4.79 Å². The molecule has 0 aliphatic carbocycles.